The van der Waals surface area contributed by atoms with Crippen LogP contribution in [-0.2, 0) is 11.0 Å². The lowest BCUT2D eigenvalue weighted by atomic mass is 10.0. The number of halogens is 3. The van der Waals surface area contributed by atoms with Gasteiger partial charge in [0.25, 0.3) is 5.91 Å². The number of hydrogen-bond acceptors (Lipinski definition) is 5. The van der Waals surface area contributed by atoms with Gasteiger partial charge in [0.15, 0.2) is 5.17 Å². The van der Waals surface area contributed by atoms with Crippen LogP contribution in [0.25, 0.3) is 0 Å². The van der Waals surface area contributed by atoms with Crippen molar-refractivity contribution in [2.45, 2.75) is 30.5 Å². The summed E-state index contributed by atoms with van der Waals surface area (Å²) in [6, 6.07) is 8.39. The van der Waals surface area contributed by atoms with Crippen LogP contribution in [0.4, 0.5) is 18.9 Å². The zero-order chi connectivity index (χ0) is 19.8. The van der Waals surface area contributed by atoms with Crippen molar-refractivity contribution in [2.75, 3.05) is 4.90 Å². The van der Waals surface area contributed by atoms with Crippen molar-refractivity contribution in [3.63, 3.8) is 0 Å². The van der Waals surface area contributed by atoms with Gasteiger partial charge in [-0.2, -0.15) is 23.4 Å². The van der Waals surface area contributed by atoms with Crippen molar-refractivity contribution in [1.82, 2.24) is 4.98 Å². The second-order valence-corrected chi connectivity index (χ2v) is 7.26. The number of anilines is 1. The Kier molecular flexibility index (Phi) is 4.70. The maximum absolute atomic E-state index is 13.2. The average Bonchev–Trinajstić information content (AvgIpc) is 2.83. The van der Waals surface area contributed by atoms with Gasteiger partial charge in [0.2, 0.25) is 0 Å². The molecule has 0 saturated heterocycles. The van der Waals surface area contributed by atoms with E-state index >= 15 is 0 Å². The second kappa shape index (κ2) is 6.70. The summed E-state index contributed by atoms with van der Waals surface area (Å²) >= 11 is 0.928. The van der Waals surface area contributed by atoms with Crippen molar-refractivity contribution >= 4 is 28.5 Å². The molecule has 2 aromatic rings. The molecule has 5 nitrogen and oxygen atoms in total. The molecule has 1 amide bonds. The van der Waals surface area contributed by atoms with E-state index in [1.165, 1.54) is 6.07 Å². The molecule has 1 aromatic carbocycles. The number of carbonyl (C=O) groups excluding carboxylic acids is 1. The molecule has 3 rings (SSSR count). The van der Waals surface area contributed by atoms with Gasteiger partial charge in [-0.05, 0) is 44.2 Å². The molecule has 0 bridgehead atoms. The molecule has 27 heavy (non-hydrogen) atoms. The van der Waals surface area contributed by atoms with E-state index in [-0.39, 0.29) is 10.1 Å². The van der Waals surface area contributed by atoms with Gasteiger partial charge < -0.3 is 4.90 Å². The lowest BCUT2D eigenvalue weighted by Crippen LogP contribution is -2.46. The molecule has 0 N–H and O–H groups in total. The van der Waals surface area contributed by atoms with Gasteiger partial charge in [-0.1, -0.05) is 11.8 Å². The fourth-order valence-corrected chi connectivity index (χ4v) is 3.70. The highest BCUT2D eigenvalue weighted by Crippen LogP contribution is 2.39. The SMILES string of the molecule is CC1(C)C(=O)N=C(Sc2ccc(C#N)c(C(F)(F)F)c2)N1c1cccnc1. The van der Waals surface area contributed by atoms with Gasteiger partial charge in [-0.15, -0.1) is 0 Å². The lowest BCUT2D eigenvalue weighted by molar-refractivity contribution is -0.138. The Bertz CT molecular complexity index is 965. The number of aliphatic imine (C=N–C) groups is 1. The Morgan fingerprint density at radius 1 is 1.26 bits per heavy atom. The lowest BCUT2D eigenvalue weighted by Gasteiger charge is -2.31. The summed E-state index contributed by atoms with van der Waals surface area (Å²) in [5.74, 6) is -0.404. The minimum Gasteiger partial charge on any atom is -0.304 e. The Hall–Kier alpha value is -2.86. The molecule has 0 radical (unpaired) electrons. The smallest absolute Gasteiger partial charge is 0.304 e. The van der Waals surface area contributed by atoms with Crippen LogP contribution in [0.2, 0.25) is 0 Å². The standard InChI is InChI=1S/C18H13F3N4OS/c1-17(2)15(26)24-16(25(17)12-4-3-7-23-10-12)27-13-6-5-11(9-22)14(8-13)18(19,20)21/h3-8,10H,1-2H3. The van der Waals surface area contributed by atoms with E-state index in [9.17, 15) is 18.0 Å². The highest BCUT2D eigenvalue weighted by Gasteiger charge is 2.44. The summed E-state index contributed by atoms with van der Waals surface area (Å²) in [6.45, 7) is 3.36. The number of hydrogen-bond donors (Lipinski definition) is 0. The second-order valence-electron chi connectivity index (χ2n) is 6.22. The molecule has 0 aliphatic carbocycles. The number of alkyl halides is 3. The highest BCUT2D eigenvalue weighted by molar-refractivity contribution is 8.14. The number of aromatic nitrogens is 1. The molecule has 1 aliphatic heterocycles. The van der Waals surface area contributed by atoms with Crippen LogP contribution >= 0.6 is 11.8 Å². The molecule has 0 saturated carbocycles. The van der Waals surface area contributed by atoms with E-state index in [1.807, 2.05) is 0 Å². The van der Waals surface area contributed by atoms with Crippen molar-refractivity contribution < 1.29 is 18.0 Å². The third-order valence-corrected chi connectivity index (χ3v) is 4.95. The highest BCUT2D eigenvalue weighted by atomic mass is 32.2. The zero-order valence-electron chi connectivity index (χ0n) is 14.3. The quantitative estimate of drug-likeness (QED) is 0.767. The van der Waals surface area contributed by atoms with E-state index in [1.54, 1.807) is 49.3 Å². The number of rotatable bonds is 2. The normalized spacial score (nSPS) is 16.2. The van der Waals surface area contributed by atoms with Gasteiger partial charge >= 0.3 is 6.18 Å². The Labute approximate surface area is 157 Å². The monoisotopic (exact) mass is 390 g/mol. The number of pyridine rings is 1. The largest absolute Gasteiger partial charge is 0.417 e. The van der Waals surface area contributed by atoms with Gasteiger partial charge in [-0.3, -0.25) is 9.78 Å². The number of carbonyl (C=O) groups is 1. The first-order chi connectivity index (χ1) is 12.6. The van der Waals surface area contributed by atoms with Crippen LogP contribution in [0.5, 0.6) is 0 Å². The zero-order valence-corrected chi connectivity index (χ0v) is 15.1. The molecule has 0 fully saturated rings. The molecule has 1 aliphatic rings. The van der Waals surface area contributed by atoms with Gasteiger partial charge in [-0.25, -0.2) is 0 Å². The Morgan fingerprint density at radius 2 is 2.00 bits per heavy atom. The van der Waals surface area contributed by atoms with Crippen LogP contribution < -0.4 is 4.90 Å². The first-order valence-corrected chi connectivity index (χ1v) is 8.59. The van der Waals surface area contributed by atoms with E-state index in [4.69, 9.17) is 5.26 Å². The third-order valence-electron chi connectivity index (χ3n) is 4.00. The van der Waals surface area contributed by atoms with Gasteiger partial charge in [0, 0.05) is 11.1 Å². The summed E-state index contributed by atoms with van der Waals surface area (Å²) in [4.78, 5) is 22.2. The van der Waals surface area contributed by atoms with E-state index < -0.39 is 28.7 Å². The first-order valence-electron chi connectivity index (χ1n) is 7.77. The fourth-order valence-electron chi connectivity index (χ4n) is 2.62. The predicted molar refractivity (Wildman–Crippen MR) is 95.3 cm³/mol. The molecule has 0 unspecified atom stereocenters. The average molecular weight is 390 g/mol. The molecule has 0 atom stereocenters. The fraction of sp³-hybridized carbons (Fsp3) is 0.222. The summed E-state index contributed by atoms with van der Waals surface area (Å²) in [7, 11) is 0. The van der Waals surface area contributed by atoms with Gasteiger partial charge in [0.1, 0.15) is 5.54 Å². The molecule has 0 spiro atoms. The van der Waals surface area contributed by atoms with Crippen LogP contribution in [0.15, 0.2) is 52.6 Å². The van der Waals surface area contributed by atoms with Crippen LogP contribution in [0.3, 0.4) is 0 Å². The molecular formula is C18H13F3N4OS. The minimum atomic E-state index is -4.66. The van der Waals surface area contributed by atoms with Crippen molar-refractivity contribution in [3.8, 4) is 6.07 Å². The minimum absolute atomic E-state index is 0.222. The summed E-state index contributed by atoms with van der Waals surface area (Å²) < 4.78 is 39.6. The maximum atomic E-state index is 13.2. The number of amidine groups is 1. The van der Waals surface area contributed by atoms with Crippen LogP contribution in [0.1, 0.15) is 25.0 Å². The Morgan fingerprint density at radius 3 is 2.59 bits per heavy atom. The number of nitriles is 1. The molecule has 9 heteroatoms. The van der Waals surface area contributed by atoms with E-state index in [2.05, 4.69) is 9.98 Å². The predicted octanol–water partition coefficient (Wildman–Crippen LogP) is 4.25. The summed E-state index contributed by atoms with van der Waals surface area (Å²) in [5.41, 5.74) is -1.87. The van der Waals surface area contributed by atoms with E-state index in [0.29, 0.717) is 5.69 Å². The topological polar surface area (TPSA) is 69.3 Å². The first kappa shape index (κ1) is 18.9. The van der Waals surface area contributed by atoms with Crippen LogP contribution in [0, 0.1) is 11.3 Å². The Balaban J connectivity index is 2.01. The van der Waals surface area contributed by atoms with Crippen molar-refractivity contribution in [2.24, 2.45) is 4.99 Å². The van der Waals surface area contributed by atoms with Crippen molar-refractivity contribution in [3.05, 3.63) is 53.9 Å². The van der Waals surface area contributed by atoms with Gasteiger partial charge in [0.05, 0.1) is 29.1 Å². The maximum Gasteiger partial charge on any atom is 0.417 e. The van der Waals surface area contributed by atoms with Crippen molar-refractivity contribution in [1.29, 1.82) is 5.26 Å². The number of amides is 1. The molecular weight excluding hydrogens is 377 g/mol. The summed E-state index contributed by atoms with van der Waals surface area (Å²) in [5, 5.41) is 9.16. The van der Waals surface area contributed by atoms with Crippen LogP contribution in [-0.4, -0.2) is 21.6 Å². The molecule has 1 aromatic heterocycles. The number of benzene rings is 1. The molecule has 2 heterocycles. The number of thioether (sulfide) groups is 1. The summed E-state index contributed by atoms with van der Waals surface area (Å²) in [6.07, 6.45) is -1.53. The number of nitrogens with zero attached hydrogens (tertiary/aromatic N) is 4. The third kappa shape index (κ3) is 3.53. The van der Waals surface area contributed by atoms with E-state index in [0.717, 1.165) is 23.9 Å². The molecule has 138 valence electrons.